The zero-order chi connectivity index (χ0) is 14.3. The van der Waals surface area contributed by atoms with E-state index in [2.05, 4.69) is 22.9 Å². The molecule has 0 heterocycles. The van der Waals surface area contributed by atoms with E-state index in [4.69, 9.17) is 0 Å². The number of nitrogens with zero attached hydrogens (tertiary/aromatic N) is 1. The maximum absolute atomic E-state index is 11.7. The van der Waals surface area contributed by atoms with E-state index >= 15 is 0 Å². The minimum absolute atomic E-state index is 0.170. The summed E-state index contributed by atoms with van der Waals surface area (Å²) in [6, 6.07) is 7.94. The summed E-state index contributed by atoms with van der Waals surface area (Å²) >= 11 is 0. The van der Waals surface area contributed by atoms with E-state index in [-0.39, 0.29) is 12.1 Å². The highest BCUT2D eigenvalue weighted by Gasteiger charge is 2.05. The van der Waals surface area contributed by atoms with Crippen molar-refractivity contribution >= 4 is 11.7 Å². The highest BCUT2D eigenvalue weighted by molar-refractivity contribution is 5.89. The van der Waals surface area contributed by atoms with E-state index in [1.54, 1.807) is 0 Å². The quantitative estimate of drug-likeness (QED) is 0.732. The third kappa shape index (κ3) is 5.72. The van der Waals surface area contributed by atoms with Gasteiger partial charge in [0.1, 0.15) is 0 Å². The van der Waals surface area contributed by atoms with Crippen LogP contribution in [0.4, 0.5) is 10.5 Å². The summed E-state index contributed by atoms with van der Waals surface area (Å²) < 4.78 is 0. The van der Waals surface area contributed by atoms with Gasteiger partial charge in [0.2, 0.25) is 0 Å². The maximum atomic E-state index is 11.7. The topological polar surface area (TPSA) is 56.4 Å². The SMILES string of the molecule is CNC(C)c1cccc(NC(=O)NCCN(C)C)c1. The van der Waals surface area contributed by atoms with E-state index in [0.717, 1.165) is 17.8 Å². The van der Waals surface area contributed by atoms with E-state index < -0.39 is 0 Å². The lowest BCUT2D eigenvalue weighted by Crippen LogP contribution is -2.34. The molecule has 0 fully saturated rings. The number of likely N-dealkylation sites (N-methyl/N-ethyl adjacent to an activating group) is 1. The molecule has 106 valence electrons. The van der Waals surface area contributed by atoms with E-state index in [9.17, 15) is 4.79 Å². The van der Waals surface area contributed by atoms with Crippen molar-refractivity contribution in [3.05, 3.63) is 29.8 Å². The average molecular weight is 264 g/mol. The van der Waals surface area contributed by atoms with Crippen LogP contribution < -0.4 is 16.0 Å². The minimum atomic E-state index is -0.170. The summed E-state index contributed by atoms with van der Waals surface area (Å²) in [5.74, 6) is 0. The van der Waals surface area contributed by atoms with Gasteiger partial charge in [-0.05, 0) is 45.8 Å². The molecule has 0 aliphatic heterocycles. The zero-order valence-electron chi connectivity index (χ0n) is 12.2. The molecule has 0 radical (unpaired) electrons. The predicted molar refractivity (Wildman–Crippen MR) is 79.5 cm³/mol. The summed E-state index contributed by atoms with van der Waals surface area (Å²) in [5, 5.41) is 8.83. The standard InChI is InChI=1S/C14H24N4O/c1-11(15-2)12-6-5-7-13(10-12)17-14(19)16-8-9-18(3)4/h5-7,10-11,15H,8-9H2,1-4H3,(H2,16,17,19). The van der Waals surface area contributed by atoms with E-state index in [1.807, 2.05) is 50.3 Å². The van der Waals surface area contributed by atoms with Gasteiger partial charge in [-0.2, -0.15) is 0 Å². The number of urea groups is 1. The highest BCUT2D eigenvalue weighted by atomic mass is 16.2. The molecule has 5 heteroatoms. The monoisotopic (exact) mass is 264 g/mol. The molecule has 0 aliphatic rings. The first-order chi connectivity index (χ1) is 9.02. The van der Waals surface area contributed by atoms with Gasteiger partial charge in [-0.25, -0.2) is 4.79 Å². The molecule has 1 aromatic rings. The normalized spacial score (nSPS) is 12.3. The largest absolute Gasteiger partial charge is 0.337 e. The number of anilines is 1. The van der Waals surface area contributed by atoms with Crippen LogP contribution in [0.3, 0.4) is 0 Å². The Kier molecular flexibility index (Phi) is 6.32. The first-order valence-corrected chi connectivity index (χ1v) is 6.49. The number of nitrogens with one attached hydrogen (secondary N) is 3. The Morgan fingerprint density at radius 2 is 2.11 bits per heavy atom. The number of hydrogen-bond acceptors (Lipinski definition) is 3. The van der Waals surface area contributed by atoms with Gasteiger partial charge in [0.05, 0.1) is 0 Å². The molecule has 0 saturated heterocycles. The molecule has 0 saturated carbocycles. The molecular formula is C14H24N4O. The van der Waals surface area contributed by atoms with Crippen molar-refractivity contribution in [2.45, 2.75) is 13.0 Å². The van der Waals surface area contributed by atoms with Gasteiger partial charge >= 0.3 is 6.03 Å². The molecule has 0 aromatic heterocycles. The van der Waals surface area contributed by atoms with Crippen molar-refractivity contribution in [1.82, 2.24) is 15.5 Å². The highest BCUT2D eigenvalue weighted by Crippen LogP contribution is 2.16. The Hall–Kier alpha value is -1.59. The van der Waals surface area contributed by atoms with Gasteiger partial charge in [0.15, 0.2) is 0 Å². The number of benzene rings is 1. The number of carbonyl (C=O) groups excluding carboxylic acids is 1. The molecule has 1 unspecified atom stereocenters. The summed E-state index contributed by atoms with van der Waals surface area (Å²) in [7, 11) is 5.86. The van der Waals surface area contributed by atoms with E-state index in [1.165, 1.54) is 0 Å². The molecule has 5 nitrogen and oxygen atoms in total. The molecule has 2 amide bonds. The van der Waals surface area contributed by atoms with Crippen molar-refractivity contribution in [2.75, 3.05) is 39.5 Å². The summed E-state index contributed by atoms with van der Waals surface area (Å²) in [5.41, 5.74) is 1.95. The van der Waals surface area contributed by atoms with Crippen LogP contribution >= 0.6 is 0 Å². The molecule has 0 aliphatic carbocycles. The fourth-order valence-electron chi connectivity index (χ4n) is 1.62. The number of hydrogen-bond donors (Lipinski definition) is 3. The second-order valence-electron chi connectivity index (χ2n) is 4.82. The van der Waals surface area contributed by atoms with Crippen LogP contribution in [0, 0.1) is 0 Å². The Morgan fingerprint density at radius 1 is 1.37 bits per heavy atom. The first-order valence-electron chi connectivity index (χ1n) is 6.49. The molecule has 3 N–H and O–H groups in total. The van der Waals surface area contributed by atoms with Crippen molar-refractivity contribution in [1.29, 1.82) is 0 Å². The smallest absolute Gasteiger partial charge is 0.319 e. The molecule has 19 heavy (non-hydrogen) atoms. The third-order valence-electron chi connectivity index (χ3n) is 2.92. The predicted octanol–water partition coefficient (Wildman–Crippen LogP) is 1.65. The fraction of sp³-hybridized carbons (Fsp3) is 0.500. The molecule has 1 atom stereocenters. The van der Waals surface area contributed by atoms with Gasteiger partial charge in [-0.1, -0.05) is 12.1 Å². The number of rotatable bonds is 6. The van der Waals surface area contributed by atoms with E-state index in [0.29, 0.717) is 6.54 Å². The Bertz CT molecular complexity index is 406. The zero-order valence-corrected chi connectivity index (χ0v) is 12.2. The van der Waals surface area contributed by atoms with Gasteiger partial charge in [0.25, 0.3) is 0 Å². The Labute approximate surface area is 115 Å². The number of carbonyl (C=O) groups is 1. The van der Waals surface area contributed by atoms with Crippen LogP contribution in [-0.4, -0.2) is 45.2 Å². The van der Waals surface area contributed by atoms with Crippen LogP contribution in [0.1, 0.15) is 18.5 Å². The average Bonchev–Trinajstić information content (AvgIpc) is 2.37. The lowest BCUT2D eigenvalue weighted by atomic mass is 10.1. The summed E-state index contributed by atoms with van der Waals surface area (Å²) in [4.78, 5) is 13.7. The molecular weight excluding hydrogens is 240 g/mol. The third-order valence-corrected chi connectivity index (χ3v) is 2.92. The lowest BCUT2D eigenvalue weighted by molar-refractivity contribution is 0.250. The van der Waals surface area contributed by atoms with Gasteiger partial charge < -0.3 is 20.9 Å². The maximum Gasteiger partial charge on any atom is 0.319 e. The summed E-state index contributed by atoms with van der Waals surface area (Å²) in [6.45, 7) is 3.53. The fourth-order valence-corrected chi connectivity index (χ4v) is 1.62. The number of amides is 2. The van der Waals surface area contributed by atoms with Crippen LogP contribution in [0.25, 0.3) is 0 Å². The van der Waals surface area contributed by atoms with Crippen LogP contribution in [0.5, 0.6) is 0 Å². The van der Waals surface area contributed by atoms with Crippen LogP contribution in [-0.2, 0) is 0 Å². The Balaban J connectivity index is 2.50. The second kappa shape index (κ2) is 7.76. The molecule has 1 aromatic carbocycles. The second-order valence-corrected chi connectivity index (χ2v) is 4.82. The van der Waals surface area contributed by atoms with Crippen molar-refractivity contribution in [2.24, 2.45) is 0 Å². The minimum Gasteiger partial charge on any atom is -0.337 e. The van der Waals surface area contributed by atoms with Crippen molar-refractivity contribution < 1.29 is 4.79 Å². The van der Waals surface area contributed by atoms with Crippen molar-refractivity contribution in [3.8, 4) is 0 Å². The van der Waals surface area contributed by atoms with Gasteiger partial charge in [-0.15, -0.1) is 0 Å². The first kappa shape index (κ1) is 15.5. The molecule has 0 spiro atoms. The van der Waals surface area contributed by atoms with Crippen LogP contribution in [0.2, 0.25) is 0 Å². The van der Waals surface area contributed by atoms with Crippen molar-refractivity contribution in [3.63, 3.8) is 0 Å². The van der Waals surface area contributed by atoms with Crippen LogP contribution in [0.15, 0.2) is 24.3 Å². The Morgan fingerprint density at radius 3 is 2.74 bits per heavy atom. The van der Waals surface area contributed by atoms with Gasteiger partial charge in [0, 0.05) is 24.8 Å². The summed E-state index contributed by atoms with van der Waals surface area (Å²) in [6.07, 6.45) is 0. The molecule has 1 rings (SSSR count). The molecule has 0 bridgehead atoms. The lowest BCUT2D eigenvalue weighted by Gasteiger charge is -2.14. The van der Waals surface area contributed by atoms with Gasteiger partial charge in [-0.3, -0.25) is 0 Å².